The van der Waals surface area contributed by atoms with Crippen molar-refractivity contribution in [2.24, 2.45) is 0 Å². The fraction of sp³-hybridized carbons (Fsp3) is 0.263. The average molecular weight is 359 g/mol. The minimum Gasteiger partial charge on any atom is -0.496 e. The summed E-state index contributed by atoms with van der Waals surface area (Å²) in [4.78, 5) is 22.6. The molecule has 0 spiro atoms. The fourth-order valence-corrected chi connectivity index (χ4v) is 2.29. The molecule has 26 heavy (non-hydrogen) atoms. The lowest BCUT2D eigenvalue weighted by molar-refractivity contribution is -0.139. The molecule has 0 bridgehead atoms. The largest absolute Gasteiger partial charge is 0.496 e. The summed E-state index contributed by atoms with van der Waals surface area (Å²) >= 11 is 0. The third kappa shape index (κ3) is 5.41. The number of hydrogen-bond acceptors (Lipinski definition) is 5. The number of amides is 1. The van der Waals surface area contributed by atoms with Gasteiger partial charge in [0.15, 0.2) is 13.2 Å². The molecule has 0 aliphatic rings. The van der Waals surface area contributed by atoms with Crippen LogP contribution in [-0.2, 0) is 9.59 Å². The molecule has 0 unspecified atom stereocenters. The van der Waals surface area contributed by atoms with Gasteiger partial charge >= 0.3 is 5.97 Å². The van der Waals surface area contributed by atoms with Crippen LogP contribution in [0.4, 0.5) is 5.69 Å². The number of methoxy groups -OCH3 is 1. The molecule has 0 aromatic heterocycles. The van der Waals surface area contributed by atoms with E-state index in [2.05, 4.69) is 5.32 Å². The van der Waals surface area contributed by atoms with Gasteiger partial charge < -0.3 is 24.6 Å². The first-order chi connectivity index (χ1) is 12.4. The van der Waals surface area contributed by atoms with Crippen LogP contribution in [0.25, 0.3) is 0 Å². The molecule has 138 valence electrons. The Kier molecular flexibility index (Phi) is 6.43. The number of rotatable bonds is 8. The number of carboxylic acids is 1. The van der Waals surface area contributed by atoms with Crippen LogP contribution in [0.3, 0.4) is 0 Å². The third-order valence-corrected chi connectivity index (χ3v) is 3.57. The number of carbonyl (C=O) groups is 2. The number of aliphatic carboxylic acids is 1. The number of ether oxygens (including phenoxy) is 3. The van der Waals surface area contributed by atoms with Crippen molar-refractivity contribution in [3.8, 4) is 17.2 Å². The summed E-state index contributed by atoms with van der Waals surface area (Å²) in [6.45, 7) is 3.13. The molecule has 2 N–H and O–H groups in total. The molecule has 0 heterocycles. The van der Waals surface area contributed by atoms with E-state index < -0.39 is 12.6 Å². The highest BCUT2D eigenvalue weighted by Crippen LogP contribution is 2.23. The zero-order chi connectivity index (χ0) is 19.1. The van der Waals surface area contributed by atoms with Crippen LogP contribution in [-0.4, -0.2) is 37.3 Å². The maximum atomic E-state index is 12.1. The van der Waals surface area contributed by atoms with Crippen LogP contribution in [0.2, 0.25) is 0 Å². The summed E-state index contributed by atoms with van der Waals surface area (Å²) in [6, 6.07) is 10.2. The first-order valence-corrected chi connectivity index (χ1v) is 7.91. The quantitative estimate of drug-likeness (QED) is 0.753. The lowest BCUT2D eigenvalue weighted by Crippen LogP contribution is -2.20. The Morgan fingerprint density at radius 3 is 2.15 bits per heavy atom. The lowest BCUT2D eigenvalue weighted by atomic mass is 10.2. The van der Waals surface area contributed by atoms with Crippen LogP contribution in [0.5, 0.6) is 17.2 Å². The first kappa shape index (κ1) is 19.1. The lowest BCUT2D eigenvalue weighted by Gasteiger charge is -2.12. The van der Waals surface area contributed by atoms with Crippen molar-refractivity contribution in [2.45, 2.75) is 13.8 Å². The van der Waals surface area contributed by atoms with E-state index in [1.165, 1.54) is 0 Å². The molecule has 2 aromatic carbocycles. The smallest absolute Gasteiger partial charge is 0.341 e. The van der Waals surface area contributed by atoms with E-state index in [0.29, 0.717) is 17.2 Å². The minimum absolute atomic E-state index is 0.136. The molecular weight excluding hydrogens is 338 g/mol. The molecule has 7 nitrogen and oxygen atoms in total. The SMILES string of the molecule is COc1ccc(OCC(=O)Nc2ccc(OCC(=O)O)cc2C)cc1C. The average Bonchev–Trinajstić information content (AvgIpc) is 2.60. The molecule has 2 aromatic rings. The summed E-state index contributed by atoms with van der Waals surface area (Å²) in [6.07, 6.45) is 0. The van der Waals surface area contributed by atoms with Gasteiger partial charge in [0.2, 0.25) is 0 Å². The predicted molar refractivity (Wildman–Crippen MR) is 96.2 cm³/mol. The predicted octanol–water partition coefficient (Wildman–Crippen LogP) is 2.79. The highest BCUT2D eigenvalue weighted by molar-refractivity contribution is 5.92. The second-order valence-electron chi connectivity index (χ2n) is 5.63. The summed E-state index contributed by atoms with van der Waals surface area (Å²) < 4.78 is 15.8. The van der Waals surface area contributed by atoms with Crippen LogP contribution in [0.1, 0.15) is 11.1 Å². The van der Waals surface area contributed by atoms with Crippen molar-refractivity contribution >= 4 is 17.6 Å². The Labute approximate surface area is 151 Å². The normalized spacial score (nSPS) is 10.1. The molecule has 7 heteroatoms. The summed E-state index contributed by atoms with van der Waals surface area (Å²) in [7, 11) is 1.59. The van der Waals surface area contributed by atoms with Gasteiger partial charge in [-0.05, 0) is 61.4 Å². The van der Waals surface area contributed by atoms with E-state index in [1.54, 1.807) is 50.4 Å². The van der Waals surface area contributed by atoms with E-state index in [1.807, 2.05) is 6.92 Å². The van der Waals surface area contributed by atoms with Gasteiger partial charge in [0.25, 0.3) is 5.91 Å². The van der Waals surface area contributed by atoms with Gasteiger partial charge in [0.1, 0.15) is 17.2 Å². The van der Waals surface area contributed by atoms with Gasteiger partial charge in [-0.25, -0.2) is 4.79 Å². The van der Waals surface area contributed by atoms with Crippen LogP contribution < -0.4 is 19.5 Å². The Morgan fingerprint density at radius 2 is 1.58 bits per heavy atom. The van der Waals surface area contributed by atoms with E-state index >= 15 is 0 Å². The summed E-state index contributed by atoms with van der Waals surface area (Å²) in [5.41, 5.74) is 2.27. The highest BCUT2D eigenvalue weighted by atomic mass is 16.5. The van der Waals surface area contributed by atoms with Gasteiger partial charge in [-0.2, -0.15) is 0 Å². The summed E-state index contributed by atoms with van der Waals surface area (Å²) in [5.74, 6) is 0.398. The maximum absolute atomic E-state index is 12.1. The van der Waals surface area contributed by atoms with E-state index in [-0.39, 0.29) is 12.5 Å². The molecule has 1 amide bonds. The Hall–Kier alpha value is -3.22. The van der Waals surface area contributed by atoms with Gasteiger partial charge in [-0.3, -0.25) is 4.79 Å². The van der Waals surface area contributed by atoms with Crippen molar-refractivity contribution in [3.63, 3.8) is 0 Å². The van der Waals surface area contributed by atoms with Gasteiger partial charge in [-0.1, -0.05) is 0 Å². The fourth-order valence-electron chi connectivity index (χ4n) is 2.29. The number of anilines is 1. The van der Waals surface area contributed by atoms with Crippen molar-refractivity contribution in [1.29, 1.82) is 0 Å². The minimum atomic E-state index is -1.05. The second kappa shape index (κ2) is 8.75. The Morgan fingerprint density at radius 1 is 0.962 bits per heavy atom. The third-order valence-electron chi connectivity index (χ3n) is 3.57. The number of hydrogen-bond donors (Lipinski definition) is 2. The molecule has 0 fully saturated rings. The zero-order valence-electron chi connectivity index (χ0n) is 14.9. The standard InChI is InChI=1S/C19H21NO6/c1-12-8-14(26-11-19(22)23)4-6-16(12)20-18(21)10-25-15-5-7-17(24-3)13(2)9-15/h4-9H,10-11H2,1-3H3,(H,20,21)(H,22,23). The van der Waals surface area contributed by atoms with Crippen molar-refractivity contribution in [2.75, 3.05) is 25.6 Å². The molecule has 2 rings (SSSR count). The maximum Gasteiger partial charge on any atom is 0.341 e. The van der Waals surface area contributed by atoms with Gasteiger partial charge in [0.05, 0.1) is 7.11 Å². The number of benzene rings is 2. The van der Waals surface area contributed by atoms with Gasteiger partial charge in [-0.15, -0.1) is 0 Å². The number of carbonyl (C=O) groups excluding carboxylic acids is 1. The van der Waals surface area contributed by atoms with Crippen LogP contribution in [0, 0.1) is 13.8 Å². The molecule has 0 radical (unpaired) electrons. The molecule has 0 aliphatic carbocycles. The van der Waals surface area contributed by atoms with E-state index in [9.17, 15) is 9.59 Å². The molecular formula is C19H21NO6. The van der Waals surface area contributed by atoms with Crippen molar-refractivity contribution in [3.05, 3.63) is 47.5 Å². The molecule has 0 atom stereocenters. The van der Waals surface area contributed by atoms with Crippen molar-refractivity contribution in [1.82, 2.24) is 0 Å². The zero-order valence-corrected chi connectivity index (χ0v) is 14.9. The highest BCUT2D eigenvalue weighted by Gasteiger charge is 2.08. The second-order valence-corrected chi connectivity index (χ2v) is 5.63. The number of nitrogens with one attached hydrogen (secondary N) is 1. The molecule has 0 saturated heterocycles. The van der Waals surface area contributed by atoms with E-state index in [4.69, 9.17) is 19.3 Å². The van der Waals surface area contributed by atoms with E-state index in [0.717, 1.165) is 16.9 Å². The van der Waals surface area contributed by atoms with Crippen LogP contribution in [0.15, 0.2) is 36.4 Å². The Balaban J connectivity index is 1.91. The monoisotopic (exact) mass is 359 g/mol. The number of carboxylic acid groups (broad SMARTS) is 1. The van der Waals surface area contributed by atoms with Crippen LogP contribution >= 0.6 is 0 Å². The number of aryl methyl sites for hydroxylation is 2. The Bertz CT molecular complexity index is 803. The topological polar surface area (TPSA) is 94.1 Å². The molecule has 0 saturated carbocycles. The van der Waals surface area contributed by atoms with Gasteiger partial charge in [0, 0.05) is 5.69 Å². The first-order valence-electron chi connectivity index (χ1n) is 7.91. The molecule has 0 aliphatic heterocycles. The van der Waals surface area contributed by atoms with Crippen molar-refractivity contribution < 1.29 is 28.9 Å². The summed E-state index contributed by atoms with van der Waals surface area (Å²) in [5, 5.41) is 11.4.